The minimum Gasteiger partial charge on any atom is -0.464 e. The second-order valence-corrected chi connectivity index (χ2v) is 5.01. The lowest BCUT2D eigenvalue weighted by Gasteiger charge is -2.15. The first-order chi connectivity index (χ1) is 6.99. The van der Waals surface area contributed by atoms with Gasteiger partial charge in [-0.1, -0.05) is 12.2 Å². The van der Waals surface area contributed by atoms with E-state index in [2.05, 4.69) is 0 Å². The SMILES string of the molecule is O=C(OCCS(=O)(=O)O)C1CC=CCC1. The van der Waals surface area contributed by atoms with E-state index in [4.69, 9.17) is 9.29 Å². The Balaban J connectivity index is 2.27. The summed E-state index contributed by atoms with van der Waals surface area (Å²) < 4.78 is 33.8. The summed E-state index contributed by atoms with van der Waals surface area (Å²) in [7, 11) is -4.04. The van der Waals surface area contributed by atoms with E-state index in [-0.39, 0.29) is 18.5 Å². The Labute approximate surface area is 88.9 Å². The zero-order chi connectivity index (χ0) is 11.3. The van der Waals surface area contributed by atoms with Crippen LogP contribution in [0.5, 0.6) is 0 Å². The first-order valence-corrected chi connectivity index (χ1v) is 6.37. The van der Waals surface area contributed by atoms with Gasteiger partial charge in [0.05, 0.1) is 5.92 Å². The fourth-order valence-corrected chi connectivity index (χ4v) is 1.67. The number of carbonyl (C=O) groups excluding carboxylic acids is 1. The lowest BCUT2D eigenvalue weighted by atomic mass is 9.95. The second-order valence-electron chi connectivity index (χ2n) is 3.43. The Morgan fingerprint density at radius 3 is 2.73 bits per heavy atom. The summed E-state index contributed by atoms with van der Waals surface area (Å²) in [5.41, 5.74) is 0. The van der Waals surface area contributed by atoms with Gasteiger partial charge in [-0.25, -0.2) is 0 Å². The lowest BCUT2D eigenvalue weighted by molar-refractivity contribution is -0.148. The minimum atomic E-state index is -4.04. The Morgan fingerprint density at radius 2 is 2.20 bits per heavy atom. The Bertz CT molecular complexity index is 344. The van der Waals surface area contributed by atoms with Crippen molar-refractivity contribution in [3.63, 3.8) is 0 Å². The molecule has 0 spiro atoms. The van der Waals surface area contributed by atoms with Crippen LogP contribution in [0, 0.1) is 5.92 Å². The number of ether oxygens (including phenoxy) is 1. The molecule has 1 unspecified atom stereocenters. The number of hydrogen-bond donors (Lipinski definition) is 1. The molecular formula is C9H14O5S. The van der Waals surface area contributed by atoms with E-state index in [1.165, 1.54) is 0 Å². The van der Waals surface area contributed by atoms with Gasteiger partial charge in [0, 0.05) is 0 Å². The van der Waals surface area contributed by atoms with Crippen molar-refractivity contribution in [2.75, 3.05) is 12.4 Å². The van der Waals surface area contributed by atoms with E-state index >= 15 is 0 Å². The van der Waals surface area contributed by atoms with Crippen molar-refractivity contribution in [3.05, 3.63) is 12.2 Å². The molecule has 15 heavy (non-hydrogen) atoms. The van der Waals surface area contributed by atoms with Crippen molar-refractivity contribution < 1.29 is 22.5 Å². The normalized spacial score (nSPS) is 21.3. The predicted octanol–water partition coefficient (Wildman–Crippen LogP) is 0.774. The summed E-state index contributed by atoms with van der Waals surface area (Å²) >= 11 is 0. The molecule has 1 atom stereocenters. The van der Waals surface area contributed by atoms with Crippen molar-refractivity contribution in [1.29, 1.82) is 0 Å². The molecule has 1 aliphatic rings. The van der Waals surface area contributed by atoms with Crippen LogP contribution >= 0.6 is 0 Å². The van der Waals surface area contributed by atoms with Crippen molar-refractivity contribution in [3.8, 4) is 0 Å². The molecule has 0 heterocycles. The van der Waals surface area contributed by atoms with Gasteiger partial charge in [-0.2, -0.15) is 8.42 Å². The average molecular weight is 234 g/mol. The summed E-state index contributed by atoms with van der Waals surface area (Å²) in [4.78, 5) is 11.4. The number of hydrogen-bond acceptors (Lipinski definition) is 4. The Morgan fingerprint density at radius 1 is 1.47 bits per heavy atom. The molecule has 0 aliphatic heterocycles. The molecule has 1 rings (SSSR count). The van der Waals surface area contributed by atoms with Crippen LogP contribution in [0.25, 0.3) is 0 Å². The van der Waals surface area contributed by atoms with Crippen molar-refractivity contribution in [1.82, 2.24) is 0 Å². The highest BCUT2D eigenvalue weighted by Gasteiger charge is 2.20. The molecule has 1 aliphatic carbocycles. The molecule has 0 bridgehead atoms. The number of allylic oxidation sites excluding steroid dienone is 2. The van der Waals surface area contributed by atoms with Crippen LogP contribution in [0.3, 0.4) is 0 Å². The quantitative estimate of drug-likeness (QED) is 0.441. The highest BCUT2D eigenvalue weighted by molar-refractivity contribution is 7.85. The third-order valence-electron chi connectivity index (χ3n) is 2.19. The molecule has 0 radical (unpaired) electrons. The third-order valence-corrected chi connectivity index (χ3v) is 2.87. The molecule has 0 saturated heterocycles. The maximum atomic E-state index is 11.4. The predicted molar refractivity (Wildman–Crippen MR) is 53.9 cm³/mol. The maximum absolute atomic E-state index is 11.4. The van der Waals surface area contributed by atoms with Gasteiger partial charge < -0.3 is 4.74 Å². The smallest absolute Gasteiger partial charge is 0.309 e. The van der Waals surface area contributed by atoms with Crippen LogP contribution < -0.4 is 0 Å². The van der Waals surface area contributed by atoms with Gasteiger partial charge in [0.2, 0.25) is 0 Å². The molecule has 6 heteroatoms. The van der Waals surface area contributed by atoms with Gasteiger partial charge in [0.15, 0.2) is 0 Å². The van der Waals surface area contributed by atoms with Crippen molar-refractivity contribution in [2.45, 2.75) is 19.3 Å². The van der Waals surface area contributed by atoms with Crippen LogP contribution in [0.1, 0.15) is 19.3 Å². The molecule has 1 N–H and O–H groups in total. The van der Waals surface area contributed by atoms with E-state index in [9.17, 15) is 13.2 Å². The first kappa shape index (κ1) is 12.2. The van der Waals surface area contributed by atoms with Gasteiger partial charge >= 0.3 is 5.97 Å². The van der Waals surface area contributed by atoms with E-state index < -0.39 is 15.9 Å². The monoisotopic (exact) mass is 234 g/mol. The largest absolute Gasteiger partial charge is 0.464 e. The standard InChI is InChI=1S/C9H14O5S/c10-9(8-4-2-1-3-5-8)14-6-7-15(11,12)13/h1-2,8H,3-7H2,(H,11,12,13). The Hall–Kier alpha value is -0.880. The molecular weight excluding hydrogens is 220 g/mol. The average Bonchev–Trinajstić information content (AvgIpc) is 2.17. The van der Waals surface area contributed by atoms with E-state index in [0.29, 0.717) is 6.42 Å². The third kappa shape index (κ3) is 4.94. The first-order valence-electron chi connectivity index (χ1n) is 4.76. The molecule has 86 valence electrons. The topological polar surface area (TPSA) is 80.7 Å². The summed E-state index contributed by atoms with van der Waals surface area (Å²) in [6, 6.07) is 0. The summed E-state index contributed by atoms with van der Waals surface area (Å²) in [5.74, 6) is -1.10. The summed E-state index contributed by atoms with van der Waals surface area (Å²) in [5, 5.41) is 0. The van der Waals surface area contributed by atoms with Crippen LogP contribution in [0.2, 0.25) is 0 Å². The second kappa shape index (κ2) is 5.27. The summed E-state index contributed by atoms with van der Waals surface area (Å²) in [6.45, 7) is -0.280. The maximum Gasteiger partial charge on any atom is 0.309 e. The van der Waals surface area contributed by atoms with Crippen LogP contribution in [-0.4, -0.2) is 31.3 Å². The number of esters is 1. The molecule has 0 amide bonds. The highest BCUT2D eigenvalue weighted by Crippen LogP contribution is 2.19. The van der Waals surface area contributed by atoms with Crippen LogP contribution in [0.15, 0.2) is 12.2 Å². The van der Waals surface area contributed by atoms with Gasteiger partial charge in [-0.3, -0.25) is 9.35 Å². The fraction of sp³-hybridized carbons (Fsp3) is 0.667. The van der Waals surface area contributed by atoms with Crippen molar-refractivity contribution >= 4 is 16.1 Å². The van der Waals surface area contributed by atoms with Gasteiger partial charge in [0.1, 0.15) is 12.4 Å². The van der Waals surface area contributed by atoms with Gasteiger partial charge in [-0.15, -0.1) is 0 Å². The molecule has 0 aromatic rings. The van der Waals surface area contributed by atoms with Crippen LogP contribution in [-0.2, 0) is 19.6 Å². The zero-order valence-electron chi connectivity index (χ0n) is 8.26. The van der Waals surface area contributed by atoms with E-state index in [1.54, 1.807) is 0 Å². The number of rotatable bonds is 4. The molecule has 0 saturated carbocycles. The van der Waals surface area contributed by atoms with E-state index in [0.717, 1.165) is 12.8 Å². The fourth-order valence-electron chi connectivity index (χ4n) is 1.37. The molecule has 5 nitrogen and oxygen atoms in total. The van der Waals surface area contributed by atoms with Crippen molar-refractivity contribution in [2.24, 2.45) is 5.92 Å². The van der Waals surface area contributed by atoms with Gasteiger partial charge in [-0.05, 0) is 19.3 Å². The van der Waals surface area contributed by atoms with Gasteiger partial charge in [0.25, 0.3) is 10.1 Å². The zero-order valence-corrected chi connectivity index (χ0v) is 9.07. The molecule has 0 aromatic carbocycles. The van der Waals surface area contributed by atoms with E-state index in [1.807, 2.05) is 12.2 Å². The van der Waals surface area contributed by atoms with Crippen LogP contribution in [0.4, 0.5) is 0 Å². The lowest BCUT2D eigenvalue weighted by Crippen LogP contribution is -2.22. The highest BCUT2D eigenvalue weighted by atomic mass is 32.2. The minimum absolute atomic E-state index is 0.170. The molecule has 0 fully saturated rings. The molecule has 0 aromatic heterocycles. The Kier molecular flexibility index (Phi) is 4.28. The number of carbonyl (C=O) groups is 1. The summed E-state index contributed by atoms with van der Waals surface area (Å²) in [6.07, 6.45) is 6.14.